The van der Waals surface area contributed by atoms with Crippen LogP contribution in [0.5, 0.6) is 0 Å². The Balaban J connectivity index is 1.42. The normalized spacial score (nSPS) is 51.6. The van der Waals surface area contributed by atoms with E-state index in [0.717, 1.165) is 6.92 Å². The standard InChI is InChI=1S/C32H55NO25/c1-7-14(39)18(43)20(45)30(50-7)58-27-22(47)28(49)51-12(6-37)24(27)55-32-23(48)26(17(42)11(5-36)54-32)57-29-13(33-8(2)38)25(16(41)10(4-35)52-29)56-31-21(46)19(44)15(40)9(3-34)53-31/h7,9-32,34-37,39-49H,3-6H2,1-2H3,(H,33,38)/t7?,9?,10?,11?,12?,13?,14-,15+,16-,17+,18+,19+,20?,21?,22?,23?,24-,25-,26+,27-,28-,29+,30+,31+,32+/m1/s1. The molecule has 5 saturated heterocycles. The quantitative estimate of drug-likeness (QED) is 0.0818. The van der Waals surface area contributed by atoms with Gasteiger partial charge in [0.15, 0.2) is 31.5 Å². The van der Waals surface area contributed by atoms with Gasteiger partial charge in [-0.05, 0) is 6.92 Å². The second kappa shape index (κ2) is 20.1. The molecule has 0 aliphatic carbocycles. The van der Waals surface area contributed by atoms with E-state index in [0.29, 0.717) is 0 Å². The van der Waals surface area contributed by atoms with E-state index in [2.05, 4.69) is 5.32 Å². The minimum atomic E-state index is -2.15. The van der Waals surface area contributed by atoms with Crippen LogP contribution in [0, 0.1) is 0 Å². The van der Waals surface area contributed by atoms with E-state index in [1.54, 1.807) is 0 Å². The number of aliphatic hydroxyl groups excluding tert-OH is 15. The van der Waals surface area contributed by atoms with Crippen LogP contribution in [-0.4, -0.2) is 262 Å². The number of amides is 1. The van der Waals surface area contributed by atoms with Crippen molar-refractivity contribution < 1.29 is 124 Å². The fraction of sp³-hybridized carbons (Fsp3) is 0.969. The zero-order valence-corrected chi connectivity index (χ0v) is 31.1. The Labute approximate surface area is 329 Å². The summed E-state index contributed by atoms with van der Waals surface area (Å²) in [5.41, 5.74) is 0. The molecule has 58 heavy (non-hydrogen) atoms. The van der Waals surface area contributed by atoms with Gasteiger partial charge in [-0.25, -0.2) is 0 Å². The second-order valence-corrected chi connectivity index (χ2v) is 14.7. The van der Waals surface area contributed by atoms with Gasteiger partial charge in [-0.2, -0.15) is 0 Å². The van der Waals surface area contributed by atoms with E-state index in [1.165, 1.54) is 6.92 Å². The highest BCUT2D eigenvalue weighted by Crippen LogP contribution is 2.36. The van der Waals surface area contributed by atoms with E-state index in [9.17, 15) is 81.4 Å². The number of carbonyl (C=O) groups excluding carboxylic acids is 1. The van der Waals surface area contributed by atoms with Crippen LogP contribution in [0.25, 0.3) is 0 Å². The molecular formula is C32H55NO25. The van der Waals surface area contributed by atoms with Crippen LogP contribution >= 0.6 is 0 Å². The summed E-state index contributed by atoms with van der Waals surface area (Å²) in [6.45, 7) is -1.34. The smallest absolute Gasteiger partial charge is 0.217 e. The molecule has 0 spiro atoms. The van der Waals surface area contributed by atoms with Gasteiger partial charge in [0.1, 0.15) is 116 Å². The first-order valence-electron chi connectivity index (χ1n) is 18.5. The molecule has 5 aliphatic heterocycles. The van der Waals surface area contributed by atoms with Crippen LogP contribution in [-0.2, 0) is 47.4 Å². The molecule has 25 atom stereocenters. The average molecular weight is 854 g/mol. The lowest BCUT2D eigenvalue weighted by Crippen LogP contribution is -2.70. The summed E-state index contributed by atoms with van der Waals surface area (Å²) >= 11 is 0. The number of nitrogens with one attached hydrogen (secondary N) is 1. The van der Waals surface area contributed by atoms with E-state index in [4.69, 9.17) is 42.6 Å². The van der Waals surface area contributed by atoms with E-state index in [-0.39, 0.29) is 0 Å². The predicted molar refractivity (Wildman–Crippen MR) is 177 cm³/mol. The topological polar surface area (TPSA) is 416 Å². The zero-order chi connectivity index (χ0) is 42.9. The highest BCUT2D eigenvalue weighted by Gasteiger charge is 2.57. The number of hydrogen-bond donors (Lipinski definition) is 16. The van der Waals surface area contributed by atoms with Crippen molar-refractivity contribution in [3.8, 4) is 0 Å². The fourth-order valence-electron chi connectivity index (χ4n) is 7.36. The molecule has 10 unspecified atom stereocenters. The molecule has 0 saturated carbocycles. The Morgan fingerprint density at radius 3 is 1.43 bits per heavy atom. The Morgan fingerprint density at radius 2 is 0.879 bits per heavy atom. The van der Waals surface area contributed by atoms with Gasteiger partial charge < -0.3 is 125 Å². The van der Waals surface area contributed by atoms with E-state index >= 15 is 0 Å². The van der Waals surface area contributed by atoms with Crippen LogP contribution in [0.15, 0.2) is 0 Å². The maximum atomic E-state index is 12.5. The third kappa shape index (κ3) is 9.75. The van der Waals surface area contributed by atoms with Crippen molar-refractivity contribution in [2.24, 2.45) is 0 Å². The van der Waals surface area contributed by atoms with E-state index in [1.807, 2.05) is 0 Å². The summed E-state index contributed by atoms with van der Waals surface area (Å²) in [6.07, 6.45) is -43.4. The molecule has 5 heterocycles. The van der Waals surface area contributed by atoms with Crippen LogP contribution in [0.2, 0.25) is 0 Å². The molecule has 0 aromatic rings. The Morgan fingerprint density at radius 1 is 0.448 bits per heavy atom. The maximum absolute atomic E-state index is 12.5. The SMILES string of the molecule is CC(=O)NC1[C@H](O[C@@H]2C(O)[C@H](O[C@@H]3C(CO)O[C@@H](O)C(O)[C@H]3O[C@@H]3OC(C)[C@@H](O)[C@H](O)C3O)OC(CO)[C@@H]2O)OC(CO)[C@@H](O)[C@@H]1O[C@@H]1OC(CO)[C@H](O)[C@H](O)C1O. The third-order valence-corrected chi connectivity index (χ3v) is 10.7. The summed E-state index contributed by atoms with van der Waals surface area (Å²) in [7, 11) is 0. The summed E-state index contributed by atoms with van der Waals surface area (Å²) < 4.78 is 50.8. The molecule has 26 heteroatoms. The van der Waals surface area contributed by atoms with Crippen molar-refractivity contribution in [3.05, 3.63) is 0 Å². The van der Waals surface area contributed by atoms with Crippen LogP contribution < -0.4 is 5.32 Å². The summed E-state index contributed by atoms with van der Waals surface area (Å²) in [5.74, 6) is -0.801. The first-order chi connectivity index (χ1) is 27.4. The minimum absolute atomic E-state index is 0.801. The lowest BCUT2D eigenvalue weighted by Gasteiger charge is -2.50. The third-order valence-electron chi connectivity index (χ3n) is 10.7. The Hall–Kier alpha value is -1.49. The van der Waals surface area contributed by atoms with Crippen molar-refractivity contribution in [1.29, 1.82) is 0 Å². The van der Waals surface area contributed by atoms with Crippen LogP contribution in [0.4, 0.5) is 0 Å². The Bertz CT molecular complexity index is 1310. The molecule has 5 rings (SSSR count). The van der Waals surface area contributed by atoms with Gasteiger partial charge in [-0.1, -0.05) is 0 Å². The Kier molecular flexibility index (Phi) is 16.5. The molecular weight excluding hydrogens is 798 g/mol. The molecule has 26 nitrogen and oxygen atoms in total. The van der Waals surface area contributed by atoms with Gasteiger partial charge in [0, 0.05) is 6.92 Å². The molecule has 0 bridgehead atoms. The first-order valence-corrected chi connectivity index (χ1v) is 18.5. The molecule has 0 aromatic carbocycles. The van der Waals surface area contributed by atoms with Gasteiger partial charge >= 0.3 is 0 Å². The molecule has 0 aromatic heterocycles. The monoisotopic (exact) mass is 853 g/mol. The largest absolute Gasteiger partial charge is 0.394 e. The van der Waals surface area contributed by atoms with Crippen molar-refractivity contribution in [3.63, 3.8) is 0 Å². The van der Waals surface area contributed by atoms with Crippen molar-refractivity contribution in [2.45, 2.75) is 167 Å². The highest BCUT2D eigenvalue weighted by molar-refractivity contribution is 5.73. The van der Waals surface area contributed by atoms with Gasteiger partial charge in [-0.15, -0.1) is 0 Å². The molecule has 16 N–H and O–H groups in total. The van der Waals surface area contributed by atoms with Crippen molar-refractivity contribution in [2.75, 3.05) is 26.4 Å². The molecule has 0 radical (unpaired) electrons. The zero-order valence-electron chi connectivity index (χ0n) is 31.1. The molecule has 5 fully saturated rings. The van der Waals surface area contributed by atoms with Crippen LogP contribution in [0.3, 0.4) is 0 Å². The molecule has 5 aliphatic rings. The lowest BCUT2D eigenvalue weighted by molar-refractivity contribution is -0.392. The number of hydrogen-bond acceptors (Lipinski definition) is 25. The number of rotatable bonds is 13. The first kappa shape index (κ1) is 47.6. The van der Waals surface area contributed by atoms with E-state index < -0.39 is 186 Å². The van der Waals surface area contributed by atoms with Gasteiger partial charge in [0.25, 0.3) is 0 Å². The number of carbonyl (C=O) groups is 1. The maximum Gasteiger partial charge on any atom is 0.217 e. The summed E-state index contributed by atoms with van der Waals surface area (Å²) in [4.78, 5) is 12.5. The highest BCUT2D eigenvalue weighted by atomic mass is 16.8. The number of ether oxygens (including phenoxy) is 9. The average Bonchev–Trinajstić information content (AvgIpc) is 3.19. The van der Waals surface area contributed by atoms with Crippen LogP contribution in [0.1, 0.15) is 13.8 Å². The van der Waals surface area contributed by atoms with Crippen molar-refractivity contribution >= 4 is 5.91 Å². The molecule has 1 amide bonds. The summed E-state index contributed by atoms with van der Waals surface area (Å²) in [5, 5.41) is 160. The van der Waals surface area contributed by atoms with Gasteiger partial charge in [-0.3, -0.25) is 4.79 Å². The lowest BCUT2D eigenvalue weighted by atomic mass is 9.94. The minimum Gasteiger partial charge on any atom is -0.394 e. The fourth-order valence-corrected chi connectivity index (χ4v) is 7.36. The summed E-state index contributed by atoms with van der Waals surface area (Å²) in [6, 6.07) is -1.67. The van der Waals surface area contributed by atoms with Gasteiger partial charge in [0.2, 0.25) is 5.91 Å². The predicted octanol–water partition coefficient (Wildman–Crippen LogP) is -10.8. The number of aliphatic hydroxyl groups is 15. The van der Waals surface area contributed by atoms with Gasteiger partial charge in [0.05, 0.1) is 32.5 Å². The molecule has 338 valence electrons. The van der Waals surface area contributed by atoms with Crippen molar-refractivity contribution in [1.82, 2.24) is 5.32 Å². The second-order valence-electron chi connectivity index (χ2n) is 14.7.